The molecule has 3 N–H and O–H groups in total. The van der Waals surface area contributed by atoms with E-state index >= 15 is 0 Å². The van der Waals surface area contributed by atoms with Gasteiger partial charge in [-0.2, -0.15) is 0 Å². The summed E-state index contributed by atoms with van der Waals surface area (Å²) in [7, 11) is 0. The van der Waals surface area contributed by atoms with E-state index < -0.39 is 5.97 Å². The molecule has 0 saturated heterocycles. The fourth-order valence-electron chi connectivity index (χ4n) is 1.76. The molecule has 0 aliphatic rings. The summed E-state index contributed by atoms with van der Waals surface area (Å²) >= 11 is 0. The molecule has 0 unspecified atom stereocenters. The van der Waals surface area contributed by atoms with E-state index in [2.05, 4.69) is 5.32 Å². The number of nitrogens with two attached hydrogens (primary N) is 1. The Bertz CT molecular complexity index is 681. The number of benzene rings is 2. The van der Waals surface area contributed by atoms with Gasteiger partial charge < -0.3 is 21.0 Å². The fraction of sp³-hybridized carbons (Fsp3) is 0.0667. The lowest BCUT2D eigenvalue weighted by Gasteiger charge is -2.11. The molecule has 20 heavy (non-hydrogen) atoms. The minimum atomic E-state index is -1.29. The number of amides is 1. The van der Waals surface area contributed by atoms with Crippen LogP contribution in [-0.4, -0.2) is 11.9 Å². The first-order chi connectivity index (χ1) is 9.47. The second-order valence-electron chi connectivity index (χ2n) is 4.40. The van der Waals surface area contributed by atoms with E-state index in [-0.39, 0.29) is 11.5 Å². The largest absolute Gasteiger partial charge is 0.545 e. The summed E-state index contributed by atoms with van der Waals surface area (Å²) in [4.78, 5) is 22.9. The Morgan fingerprint density at radius 3 is 2.50 bits per heavy atom. The molecule has 0 aromatic heterocycles. The van der Waals surface area contributed by atoms with Gasteiger partial charge in [0.05, 0.1) is 5.97 Å². The van der Waals surface area contributed by atoms with Crippen molar-refractivity contribution in [2.75, 3.05) is 11.1 Å². The van der Waals surface area contributed by atoms with Crippen molar-refractivity contribution in [1.82, 2.24) is 0 Å². The average Bonchev–Trinajstić information content (AvgIpc) is 2.41. The Hall–Kier alpha value is -2.82. The summed E-state index contributed by atoms with van der Waals surface area (Å²) in [6, 6.07) is 10.9. The zero-order valence-electron chi connectivity index (χ0n) is 10.8. The molecule has 0 bridgehead atoms. The van der Waals surface area contributed by atoms with Crippen LogP contribution in [0.15, 0.2) is 42.5 Å². The van der Waals surface area contributed by atoms with Gasteiger partial charge in [0.15, 0.2) is 0 Å². The van der Waals surface area contributed by atoms with Gasteiger partial charge in [-0.25, -0.2) is 0 Å². The Morgan fingerprint density at radius 1 is 1.10 bits per heavy atom. The summed E-state index contributed by atoms with van der Waals surface area (Å²) in [5.74, 6) is -1.64. The summed E-state index contributed by atoms with van der Waals surface area (Å²) in [6.45, 7) is 1.77. The van der Waals surface area contributed by atoms with Crippen LogP contribution in [0.4, 0.5) is 11.4 Å². The van der Waals surface area contributed by atoms with Gasteiger partial charge in [-0.1, -0.05) is 18.2 Å². The molecule has 5 heteroatoms. The third kappa shape index (κ3) is 2.95. The molecule has 5 nitrogen and oxygen atoms in total. The first kappa shape index (κ1) is 13.6. The molecular formula is C15H13N2O3-. The molecule has 0 spiro atoms. The van der Waals surface area contributed by atoms with E-state index in [1.165, 1.54) is 12.1 Å². The number of hydrogen-bond donors (Lipinski definition) is 2. The number of aryl methyl sites for hydroxylation is 1. The Balaban J connectivity index is 2.27. The van der Waals surface area contributed by atoms with Gasteiger partial charge in [-0.3, -0.25) is 4.79 Å². The molecule has 0 radical (unpaired) electrons. The van der Waals surface area contributed by atoms with E-state index in [9.17, 15) is 14.7 Å². The Labute approximate surface area is 116 Å². The van der Waals surface area contributed by atoms with Gasteiger partial charge in [0.1, 0.15) is 0 Å². The predicted octanol–water partition coefficient (Wildman–Crippen LogP) is 1.19. The molecule has 2 rings (SSSR count). The first-order valence-electron chi connectivity index (χ1n) is 5.96. The van der Waals surface area contributed by atoms with Crippen molar-refractivity contribution in [3.63, 3.8) is 0 Å². The number of nitrogen functional groups attached to an aromatic ring is 1. The number of nitrogens with one attached hydrogen (secondary N) is 1. The third-order valence-corrected chi connectivity index (χ3v) is 2.87. The van der Waals surface area contributed by atoms with Gasteiger partial charge in [0.25, 0.3) is 5.91 Å². The second kappa shape index (κ2) is 5.44. The molecule has 1 amide bonds. The van der Waals surface area contributed by atoms with Crippen LogP contribution in [0, 0.1) is 6.92 Å². The third-order valence-electron chi connectivity index (χ3n) is 2.87. The highest BCUT2D eigenvalue weighted by Crippen LogP contribution is 2.18. The lowest BCUT2D eigenvalue weighted by molar-refractivity contribution is -0.255. The maximum absolute atomic E-state index is 12.1. The van der Waals surface area contributed by atoms with E-state index in [0.717, 1.165) is 5.56 Å². The van der Waals surface area contributed by atoms with Crippen LogP contribution in [0.5, 0.6) is 0 Å². The number of carboxylic acids is 1. The van der Waals surface area contributed by atoms with Crippen LogP contribution in [0.2, 0.25) is 0 Å². The van der Waals surface area contributed by atoms with Crippen LogP contribution in [-0.2, 0) is 0 Å². The summed E-state index contributed by atoms with van der Waals surface area (Å²) in [6.07, 6.45) is 0. The molecule has 0 heterocycles. The molecular weight excluding hydrogens is 256 g/mol. The smallest absolute Gasteiger partial charge is 0.255 e. The molecule has 0 saturated carbocycles. The highest BCUT2D eigenvalue weighted by atomic mass is 16.4. The molecule has 102 valence electrons. The van der Waals surface area contributed by atoms with Crippen molar-refractivity contribution in [3.8, 4) is 0 Å². The average molecular weight is 269 g/mol. The molecule has 0 atom stereocenters. The Morgan fingerprint density at radius 2 is 1.85 bits per heavy atom. The van der Waals surface area contributed by atoms with E-state index in [4.69, 9.17) is 5.73 Å². The molecule has 2 aromatic rings. The molecule has 0 fully saturated rings. The van der Waals surface area contributed by atoms with Crippen LogP contribution in [0.3, 0.4) is 0 Å². The quantitative estimate of drug-likeness (QED) is 0.818. The molecule has 0 aliphatic carbocycles. The van der Waals surface area contributed by atoms with Gasteiger partial charge in [-0.05, 0) is 42.3 Å². The minimum Gasteiger partial charge on any atom is -0.545 e. The van der Waals surface area contributed by atoms with Gasteiger partial charge in [-0.15, -0.1) is 0 Å². The number of carbonyl (C=O) groups is 2. The van der Waals surface area contributed by atoms with Gasteiger partial charge in [0.2, 0.25) is 0 Å². The zero-order chi connectivity index (χ0) is 14.7. The van der Waals surface area contributed by atoms with Crippen molar-refractivity contribution < 1.29 is 14.7 Å². The van der Waals surface area contributed by atoms with E-state index in [0.29, 0.717) is 16.9 Å². The highest BCUT2D eigenvalue weighted by molar-refractivity contribution is 6.05. The number of aromatic carboxylic acids is 1. The van der Waals surface area contributed by atoms with Crippen LogP contribution in [0.25, 0.3) is 0 Å². The number of rotatable bonds is 3. The van der Waals surface area contributed by atoms with Crippen molar-refractivity contribution in [2.45, 2.75) is 6.92 Å². The van der Waals surface area contributed by atoms with Crippen molar-refractivity contribution in [2.24, 2.45) is 0 Å². The number of hydrogen-bond acceptors (Lipinski definition) is 4. The second-order valence-corrected chi connectivity index (χ2v) is 4.40. The normalized spacial score (nSPS) is 10.1. The summed E-state index contributed by atoms with van der Waals surface area (Å²) in [5.41, 5.74) is 7.71. The molecule has 0 aliphatic heterocycles. The monoisotopic (exact) mass is 269 g/mol. The van der Waals surface area contributed by atoms with Crippen LogP contribution >= 0.6 is 0 Å². The van der Waals surface area contributed by atoms with Crippen LogP contribution in [0.1, 0.15) is 26.3 Å². The van der Waals surface area contributed by atoms with Crippen molar-refractivity contribution in [1.29, 1.82) is 0 Å². The summed E-state index contributed by atoms with van der Waals surface area (Å²) < 4.78 is 0. The van der Waals surface area contributed by atoms with E-state index in [1.54, 1.807) is 37.3 Å². The lowest BCUT2D eigenvalue weighted by Crippen LogP contribution is -2.22. The van der Waals surface area contributed by atoms with Gasteiger partial charge >= 0.3 is 0 Å². The standard InChI is InChI=1S/C15H14N2O3/c1-9-5-6-11(15(19)20)8-13(9)17-14(18)10-3-2-4-12(16)7-10/h2-8H,16H2,1H3,(H,17,18)(H,19,20)/p-1. The zero-order valence-corrected chi connectivity index (χ0v) is 10.8. The Kier molecular flexibility index (Phi) is 3.70. The first-order valence-corrected chi connectivity index (χ1v) is 5.96. The van der Waals surface area contributed by atoms with E-state index in [1.807, 2.05) is 0 Å². The number of carboxylic acid groups (broad SMARTS) is 1. The fourth-order valence-corrected chi connectivity index (χ4v) is 1.76. The highest BCUT2D eigenvalue weighted by Gasteiger charge is 2.09. The maximum Gasteiger partial charge on any atom is 0.255 e. The van der Waals surface area contributed by atoms with Crippen molar-refractivity contribution in [3.05, 3.63) is 59.2 Å². The van der Waals surface area contributed by atoms with Crippen LogP contribution < -0.4 is 16.2 Å². The topological polar surface area (TPSA) is 95.2 Å². The SMILES string of the molecule is Cc1ccc(C(=O)[O-])cc1NC(=O)c1cccc(N)c1. The van der Waals surface area contributed by atoms with Crippen molar-refractivity contribution >= 4 is 23.3 Å². The maximum atomic E-state index is 12.1. The predicted molar refractivity (Wildman–Crippen MR) is 74.3 cm³/mol. The van der Waals surface area contributed by atoms with Gasteiger partial charge in [0, 0.05) is 16.9 Å². The number of anilines is 2. The lowest BCUT2D eigenvalue weighted by atomic mass is 10.1. The minimum absolute atomic E-state index is 0.0125. The number of carbonyl (C=O) groups excluding carboxylic acids is 2. The summed E-state index contributed by atoms with van der Waals surface area (Å²) in [5, 5.41) is 13.5. The molecule has 2 aromatic carbocycles.